The Morgan fingerprint density at radius 2 is 1.29 bits per heavy atom. The van der Waals surface area contributed by atoms with Crippen LogP contribution in [0.1, 0.15) is 0 Å². The average Bonchev–Trinajstić information content (AvgIpc) is 2.30. The number of benzene rings is 1. The molecule has 9 heteroatoms. The number of alkyl halides is 2. The van der Waals surface area contributed by atoms with Gasteiger partial charge in [-0.15, -0.1) is 0 Å². The van der Waals surface area contributed by atoms with Gasteiger partial charge in [0.25, 0.3) is 20.0 Å². The van der Waals surface area contributed by atoms with E-state index in [1.165, 1.54) is 18.2 Å². The zero-order valence-electron chi connectivity index (χ0n) is 8.45. The molecule has 0 aliphatic rings. The van der Waals surface area contributed by atoms with Crippen LogP contribution in [0.3, 0.4) is 0 Å². The van der Waals surface area contributed by atoms with Crippen molar-refractivity contribution in [3.05, 3.63) is 30.3 Å². The third kappa shape index (κ3) is 2.91. The number of hydrogen-bond acceptors (Lipinski definition) is 4. The first-order valence-corrected chi connectivity index (χ1v) is 7.50. The Kier molecular flexibility index (Phi) is 4.04. The fourth-order valence-electron chi connectivity index (χ4n) is 1.13. The fourth-order valence-corrected chi connectivity index (χ4v) is 3.82. The summed E-state index contributed by atoms with van der Waals surface area (Å²) in [6, 6.07) is 2.60. The van der Waals surface area contributed by atoms with Crippen LogP contribution >= 0.6 is 0 Å². The normalized spacial score (nSPS) is 12.4. The first kappa shape index (κ1) is 13.8. The van der Waals surface area contributed by atoms with Crippen LogP contribution in [-0.4, -0.2) is 28.8 Å². The summed E-state index contributed by atoms with van der Waals surface area (Å²) >= 11 is 0. The van der Waals surface area contributed by atoms with Gasteiger partial charge in [0.05, 0.1) is 5.69 Å². The molecule has 0 aliphatic heterocycles. The summed E-state index contributed by atoms with van der Waals surface area (Å²) in [5.41, 5.74) is -0.331. The largest absolute Gasteiger partial charge is 0.277 e. The molecule has 0 saturated heterocycles. The minimum atomic E-state index is -4.74. The first-order valence-electron chi connectivity index (χ1n) is 4.28. The molecule has 0 saturated carbocycles. The molecule has 1 rings (SSSR count). The van der Waals surface area contributed by atoms with Crippen LogP contribution < -0.4 is 3.71 Å². The Morgan fingerprint density at radius 1 is 0.882 bits per heavy atom. The number of para-hydroxylation sites is 1. The molecule has 1 aromatic rings. The molecule has 0 N–H and O–H groups in total. The minimum absolute atomic E-state index is 0.236. The zero-order valence-corrected chi connectivity index (χ0v) is 10.1. The maximum absolute atomic E-state index is 12.4. The van der Waals surface area contributed by atoms with Crippen LogP contribution in [0, 0.1) is 0 Å². The van der Waals surface area contributed by atoms with Crippen molar-refractivity contribution in [1.82, 2.24) is 0 Å². The molecule has 0 bridgehead atoms. The molecule has 0 radical (unpaired) electrons. The van der Waals surface area contributed by atoms with E-state index in [9.17, 15) is 25.6 Å². The van der Waals surface area contributed by atoms with E-state index in [-0.39, 0.29) is 9.40 Å². The van der Waals surface area contributed by atoms with Crippen molar-refractivity contribution in [2.45, 2.75) is 0 Å². The van der Waals surface area contributed by atoms with Gasteiger partial charge in [-0.2, -0.15) is 3.71 Å². The van der Waals surface area contributed by atoms with E-state index in [1.807, 2.05) is 0 Å². The summed E-state index contributed by atoms with van der Waals surface area (Å²) < 4.78 is 69.7. The highest BCUT2D eigenvalue weighted by molar-refractivity contribution is 8.10. The fraction of sp³-hybridized carbons (Fsp3) is 0.250. The van der Waals surface area contributed by atoms with E-state index < -0.39 is 32.1 Å². The van der Waals surface area contributed by atoms with E-state index in [4.69, 9.17) is 0 Å². The highest BCUT2D eigenvalue weighted by Gasteiger charge is 2.34. The van der Waals surface area contributed by atoms with E-state index in [0.29, 0.717) is 0 Å². The Bertz CT molecular complexity index is 537. The van der Waals surface area contributed by atoms with Crippen molar-refractivity contribution in [1.29, 1.82) is 0 Å². The highest BCUT2D eigenvalue weighted by atomic mass is 32.3. The van der Waals surface area contributed by atoms with Gasteiger partial charge in [-0.25, -0.2) is 25.6 Å². The maximum atomic E-state index is 12.4. The van der Waals surface area contributed by atoms with Crippen molar-refractivity contribution in [3.63, 3.8) is 0 Å². The average molecular weight is 285 g/mol. The first-order chi connectivity index (χ1) is 7.85. The van der Waals surface area contributed by atoms with Gasteiger partial charge in [0.1, 0.15) is 0 Å². The predicted octanol–water partition coefficient (Wildman–Crippen LogP) is 1.01. The maximum Gasteiger partial charge on any atom is 0.277 e. The molecule has 0 heterocycles. The van der Waals surface area contributed by atoms with Gasteiger partial charge in [0.2, 0.25) is 12.0 Å². The quantitative estimate of drug-likeness (QED) is 0.809. The van der Waals surface area contributed by atoms with Crippen LogP contribution in [0.5, 0.6) is 0 Å². The van der Waals surface area contributed by atoms with Gasteiger partial charge in [-0.3, -0.25) is 0 Å². The lowest BCUT2D eigenvalue weighted by Crippen LogP contribution is -2.38. The lowest BCUT2D eigenvalue weighted by Gasteiger charge is -2.20. The second-order valence-electron chi connectivity index (χ2n) is 2.97. The van der Waals surface area contributed by atoms with Gasteiger partial charge in [-0.05, 0) is 12.1 Å². The number of sulfonamides is 2. The third-order valence-corrected chi connectivity index (χ3v) is 5.09. The predicted molar refractivity (Wildman–Crippen MR) is 58.7 cm³/mol. The molecule has 0 spiro atoms. The monoisotopic (exact) mass is 285 g/mol. The molecule has 0 aromatic heterocycles. The molecule has 0 aliphatic carbocycles. The lowest BCUT2D eigenvalue weighted by molar-refractivity contribution is 0.523. The summed E-state index contributed by atoms with van der Waals surface area (Å²) in [5.74, 6) is 0. The van der Waals surface area contributed by atoms with Crippen molar-refractivity contribution >= 4 is 25.7 Å². The lowest BCUT2D eigenvalue weighted by atomic mass is 10.3. The smallest absolute Gasteiger partial charge is 0.232 e. The number of nitrogens with zero attached hydrogens (tertiary/aromatic N) is 1. The van der Waals surface area contributed by atoms with Crippen LogP contribution in [0.2, 0.25) is 0 Å². The van der Waals surface area contributed by atoms with Crippen molar-refractivity contribution < 1.29 is 25.6 Å². The summed E-state index contributed by atoms with van der Waals surface area (Å²) in [5, 5.41) is 0. The second-order valence-corrected chi connectivity index (χ2v) is 6.70. The van der Waals surface area contributed by atoms with Gasteiger partial charge in [-0.1, -0.05) is 18.2 Å². The van der Waals surface area contributed by atoms with Crippen molar-refractivity contribution in [2.24, 2.45) is 0 Å². The Labute approximate surface area is 97.8 Å². The topological polar surface area (TPSA) is 71.5 Å². The summed E-state index contributed by atoms with van der Waals surface area (Å²) in [7, 11) is -9.49. The molecule has 96 valence electrons. The molecule has 0 atom stereocenters. The third-order valence-electron chi connectivity index (χ3n) is 1.75. The standard InChI is InChI=1S/C8H9F2NO4S2/c9-6-16(12,13)11(17(14,15)7-10)8-4-2-1-3-5-8/h1-5H,6-7H2. The number of hydrogen-bond donors (Lipinski definition) is 0. The summed E-state index contributed by atoms with van der Waals surface area (Å²) in [4.78, 5) is 0. The van der Waals surface area contributed by atoms with Crippen LogP contribution in [-0.2, 0) is 20.0 Å². The van der Waals surface area contributed by atoms with Crippen LogP contribution in [0.4, 0.5) is 14.5 Å². The molecule has 5 nitrogen and oxygen atoms in total. The van der Waals surface area contributed by atoms with E-state index in [1.54, 1.807) is 0 Å². The van der Waals surface area contributed by atoms with Crippen molar-refractivity contribution in [2.75, 3.05) is 15.7 Å². The van der Waals surface area contributed by atoms with Gasteiger partial charge < -0.3 is 0 Å². The van der Waals surface area contributed by atoms with Gasteiger partial charge in [0, 0.05) is 0 Å². The molecular weight excluding hydrogens is 276 g/mol. The summed E-state index contributed by atoms with van der Waals surface area (Å²) in [6.45, 7) is 0. The van der Waals surface area contributed by atoms with E-state index in [2.05, 4.69) is 0 Å². The van der Waals surface area contributed by atoms with Crippen LogP contribution in [0.15, 0.2) is 30.3 Å². The van der Waals surface area contributed by atoms with E-state index >= 15 is 0 Å². The molecular formula is C8H9F2NO4S2. The second kappa shape index (κ2) is 4.96. The number of rotatable bonds is 5. The molecule has 1 aromatic carbocycles. The molecule has 0 amide bonds. The Balaban J connectivity index is 3.44. The van der Waals surface area contributed by atoms with Crippen LogP contribution in [0.25, 0.3) is 0 Å². The molecule has 17 heavy (non-hydrogen) atoms. The number of halogens is 2. The zero-order chi connectivity index (χ0) is 13.1. The highest BCUT2D eigenvalue weighted by Crippen LogP contribution is 2.22. The van der Waals surface area contributed by atoms with Gasteiger partial charge in [0.15, 0.2) is 0 Å². The van der Waals surface area contributed by atoms with E-state index in [0.717, 1.165) is 12.1 Å². The molecule has 0 unspecified atom stereocenters. The Morgan fingerprint density at radius 3 is 1.65 bits per heavy atom. The summed E-state index contributed by atoms with van der Waals surface area (Å²) in [6.07, 6.45) is 0. The van der Waals surface area contributed by atoms with Crippen molar-refractivity contribution in [3.8, 4) is 0 Å². The Hall–Kier alpha value is -1.22. The molecule has 0 fully saturated rings. The minimum Gasteiger partial charge on any atom is -0.232 e. The number of anilines is 1. The SMILES string of the molecule is O=S(=O)(CF)N(c1ccccc1)S(=O)(=O)CF. The van der Waals surface area contributed by atoms with Gasteiger partial charge >= 0.3 is 0 Å².